The van der Waals surface area contributed by atoms with Crippen LogP contribution in [0.2, 0.25) is 0 Å². The van der Waals surface area contributed by atoms with Crippen molar-refractivity contribution in [2.45, 2.75) is 48.1 Å². The highest BCUT2D eigenvalue weighted by Gasteiger charge is 2.44. The van der Waals surface area contributed by atoms with E-state index in [9.17, 15) is 13.6 Å². The third-order valence-electron chi connectivity index (χ3n) is 3.01. The summed E-state index contributed by atoms with van der Waals surface area (Å²) in [7, 11) is 0. The van der Waals surface area contributed by atoms with Gasteiger partial charge in [0.25, 0.3) is 0 Å². The van der Waals surface area contributed by atoms with Gasteiger partial charge in [0.15, 0.2) is 5.16 Å². The van der Waals surface area contributed by atoms with E-state index in [4.69, 9.17) is 5.11 Å². The summed E-state index contributed by atoms with van der Waals surface area (Å²) >= 11 is -0.0286. The number of rotatable bonds is 5. The van der Waals surface area contributed by atoms with Crippen molar-refractivity contribution in [3.05, 3.63) is 5.82 Å². The lowest BCUT2D eigenvalue weighted by Crippen LogP contribution is -2.24. The van der Waals surface area contributed by atoms with E-state index in [-0.39, 0.29) is 23.0 Å². The molecule has 0 atom stereocenters. The fraction of sp³-hybridized carbons (Fsp3) is 0.700. The van der Waals surface area contributed by atoms with Crippen molar-refractivity contribution in [3.8, 4) is 0 Å². The van der Waals surface area contributed by atoms with Crippen molar-refractivity contribution < 1.29 is 18.7 Å². The number of hydrogen-bond donors (Lipinski definition) is 1. The van der Waals surface area contributed by atoms with Crippen LogP contribution in [0.1, 0.15) is 43.5 Å². The summed E-state index contributed by atoms with van der Waals surface area (Å²) in [6.07, 6.45) is 3.85. The van der Waals surface area contributed by atoms with Gasteiger partial charge < -0.3 is 9.67 Å². The van der Waals surface area contributed by atoms with Crippen LogP contribution in [-0.4, -0.2) is 31.1 Å². The molecule has 3 rings (SSSR count). The standard InChI is InChI=1S/C10H11F2N3O2S/c11-10(12,8(16)17)18-9-14-13-7(5-1-2-5)15(9)6-3-4-6/h5-6H,1-4H2,(H,16,17). The molecule has 2 aliphatic rings. The minimum absolute atomic E-state index is 0.0202. The number of halogens is 2. The molecule has 2 saturated carbocycles. The minimum Gasteiger partial charge on any atom is -0.476 e. The molecule has 0 amide bonds. The van der Waals surface area contributed by atoms with Crippen molar-refractivity contribution in [2.75, 3.05) is 0 Å². The Kier molecular flexibility index (Phi) is 2.58. The first kappa shape index (κ1) is 11.9. The summed E-state index contributed by atoms with van der Waals surface area (Å²) < 4.78 is 28.1. The molecule has 0 saturated heterocycles. The van der Waals surface area contributed by atoms with Crippen LogP contribution in [0, 0.1) is 0 Å². The number of hydrogen-bond acceptors (Lipinski definition) is 4. The van der Waals surface area contributed by atoms with Crippen molar-refractivity contribution >= 4 is 17.7 Å². The first-order valence-electron chi connectivity index (χ1n) is 5.74. The van der Waals surface area contributed by atoms with E-state index in [1.807, 2.05) is 0 Å². The predicted octanol–water partition coefficient (Wildman–Crippen LogP) is 2.26. The molecule has 0 aliphatic heterocycles. The fourth-order valence-corrected chi connectivity index (χ4v) is 2.55. The van der Waals surface area contributed by atoms with E-state index in [1.165, 1.54) is 0 Å². The van der Waals surface area contributed by atoms with Gasteiger partial charge >= 0.3 is 11.2 Å². The van der Waals surface area contributed by atoms with Crippen LogP contribution in [0.4, 0.5) is 8.78 Å². The fourth-order valence-electron chi connectivity index (χ4n) is 1.81. The molecule has 1 N–H and O–H groups in total. The largest absolute Gasteiger partial charge is 0.476 e. The number of nitrogens with zero attached hydrogens (tertiary/aromatic N) is 3. The lowest BCUT2D eigenvalue weighted by Gasteiger charge is -2.11. The molecule has 0 bridgehead atoms. The second-order valence-corrected chi connectivity index (χ2v) is 5.72. The Balaban J connectivity index is 1.89. The Morgan fingerprint density at radius 1 is 1.33 bits per heavy atom. The summed E-state index contributed by atoms with van der Waals surface area (Å²) in [5, 5.41) is 12.3. The van der Waals surface area contributed by atoms with E-state index < -0.39 is 11.2 Å². The molecule has 1 aromatic rings. The first-order chi connectivity index (χ1) is 8.49. The zero-order valence-electron chi connectivity index (χ0n) is 9.34. The summed E-state index contributed by atoms with van der Waals surface area (Å²) in [4.78, 5) is 10.4. The third-order valence-corrected chi connectivity index (χ3v) is 3.91. The number of alkyl halides is 2. The second-order valence-electron chi connectivity index (χ2n) is 4.64. The quantitative estimate of drug-likeness (QED) is 0.835. The van der Waals surface area contributed by atoms with E-state index in [0.29, 0.717) is 5.92 Å². The SMILES string of the molecule is O=C(O)C(F)(F)Sc1nnc(C2CC2)n1C1CC1. The van der Waals surface area contributed by atoms with Gasteiger partial charge in [0.2, 0.25) is 0 Å². The lowest BCUT2D eigenvalue weighted by atomic mass is 10.4. The normalized spacial score (nSPS) is 20.1. The molecule has 0 unspecified atom stereocenters. The maximum Gasteiger partial charge on any atom is 0.395 e. The zero-order valence-corrected chi connectivity index (χ0v) is 10.2. The number of carbonyl (C=O) groups is 1. The molecule has 0 aromatic carbocycles. The molecule has 5 nitrogen and oxygen atoms in total. The summed E-state index contributed by atoms with van der Waals surface area (Å²) in [6, 6.07) is 0.169. The number of thioether (sulfide) groups is 1. The topological polar surface area (TPSA) is 68.0 Å². The molecule has 1 heterocycles. The van der Waals surface area contributed by atoms with Gasteiger partial charge in [-0.05, 0) is 25.7 Å². The Morgan fingerprint density at radius 2 is 2.00 bits per heavy atom. The van der Waals surface area contributed by atoms with Crippen LogP contribution in [-0.2, 0) is 4.79 Å². The molecule has 0 radical (unpaired) electrons. The molecule has 1 aromatic heterocycles. The first-order valence-corrected chi connectivity index (χ1v) is 6.55. The van der Waals surface area contributed by atoms with E-state index in [2.05, 4.69) is 10.2 Å². The summed E-state index contributed by atoms with van der Waals surface area (Å²) in [5.74, 6) is -1.10. The van der Waals surface area contributed by atoms with E-state index in [0.717, 1.165) is 31.5 Å². The molecule has 2 fully saturated rings. The van der Waals surface area contributed by atoms with Crippen molar-refractivity contribution in [3.63, 3.8) is 0 Å². The van der Waals surface area contributed by atoms with Gasteiger partial charge in [0.05, 0.1) is 0 Å². The molecule has 0 spiro atoms. The van der Waals surface area contributed by atoms with Crippen LogP contribution < -0.4 is 0 Å². The van der Waals surface area contributed by atoms with Gasteiger partial charge in [-0.25, -0.2) is 4.79 Å². The van der Waals surface area contributed by atoms with Crippen LogP contribution in [0.3, 0.4) is 0 Å². The maximum absolute atomic E-state index is 13.2. The molecule has 98 valence electrons. The Bertz CT molecular complexity index is 497. The van der Waals surface area contributed by atoms with Gasteiger partial charge in [-0.15, -0.1) is 10.2 Å². The average molecular weight is 275 g/mol. The number of carboxylic acid groups (broad SMARTS) is 1. The summed E-state index contributed by atoms with van der Waals surface area (Å²) in [6.45, 7) is 0. The van der Waals surface area contributed by atoms with Gasteiger partial charge in [0.1, 0.15) is 5.82 Å². The van der Waals surface area contributed by atoms with Crippen LogP contribution in [0.5, 0.6) is 0 Å². The van der Waals surface area contributed by atoms with Crippen LogP contribution >= 0.6 is 11.8 Å². The molecule has 18 heavy (non-hydrogen) atoms. The van der Waals surface area contributed by atoms with Gasteiger partial charge in [-0.1, -0.05) is 0 Å². The molecular weight excluding hydrogens is 264 g/mol. The number of aromatic nitrogens is 3. The van der Waals surface area contributed by atoms with E-state index >= 15 is 0 Å². The molecule has 8 heteroatoms. The van der Waals surface area contributed by atoms with Crippen molar-refractivity contribution in [1.82, 2.24) is 14.8 Å². The minimum atomic E-state index is -3.86. The summed E-state index contributed by atoms with van der Waals surface area (Å²) in [5.41, 5.74) is 0. The number of aliphatic carboxylic acids is 1. The number of carboxylic acids is 1. The zero-order chi connectivity index (χ0) is 12.9. The maximum atomic E-state index is 13.2. The second kappa shape index (κ2) is 3.91. The lowest BCUT2D eigenvalue weighted by molar-refractivity contribution is -0.152. The van der Waals surface area contributed by atoms with E-state index in [1.54, 1.807) is 4.57 Å². The highest BCUT2D eigenvalue weighted by atomic mass is 32.2. The van der Waals surface area contributed by atoms with Gasteiger partial charge in [-0.3, -0.25) is 0 Å². The Labute approximate surface area is 106 Å². The Hall–Kier alpha value is -1.18. The smallest absolute Gasteiger partial charge is 0.395 e. The molecule has 2 aliphatic carbocycles. The predicted molar refractivity (Wildman–Crippen MR) is 58.7 cm³/mol. The van der Waals surface area contributed by atoms with Crippen LogP contribution in [0.25, 0.3) is 0 Å². The Morgan fingerprint density at radius 3 is 2.50 bits per heavy atom. The van der Waals surface area contributed by atoms with Gasteiger partial charge in [0, 0.05) is 23.7 Å². The van der Waals surface area contributed by atoms with Crippen molar-refractivity contribution in [2.24, 2.45) is 0 Å². The third kappa shape index (κ3) is 2.09. The monoisotopic (exact) mass is 275 g/mol. The van der Waals surface area contributed by atoms with Gasteiger partial charge in [-0.2, -0.15) is 8.78 Å². The average Bonchev–Trinajstić information content (AvgIpc) is 3.18. The highest BCUT2D eigenvalue weighted by molar-refractivity contribution is 8.00. The van der Waals surface area contributed by atoms with Crippen LogP contribution in [0.15, 0.2) is 5.16 Å². The molecular formula is C10H11F2N3O2S. The van der Waals surface area contributed by atoms with Crippen molar-refractivity contribution in [1.29, 1.82) is 0 Å². The highest BCUT2D eigenvalue weighted by Crippen LogP contribution is 2.47.